The quantitative estimate of drug-likeness (QED) is 0.190. The van der Waals surface area contributed by atoms with Crippen LogP contribution in [0.4, 0.5) is 21.0 Å². The second-order valence-electron chi connectivity index (χ2n) is 14.9. The minimum Gasteiger partial charge on any atom is -0.444 e. The molecular weight excluding hydrogens is 590 g/mol. The number of fused-ring (bicyclic) bond motifs is 2. The minimum atomic E-state index is -0.497. The van der Waals surface area contributed by atoms with E-state index in [9.17, 15) is 9.59 Å². The van der Waals surface area contributed by atoms with Gasteiger partial charge >= 0.3 is 12.2 Å². The molecule has 0 saturated carbocycles. The zero-order valence-electron chi connectivity index (χ0n) is 29.5. The van der Waals surface area contributed by atoms with Gasteiger partial charge in [0.25, 0.3) is 0 Å². The van der Waals surface area contributed by atoms with E-state index in [2.05, 4.69) is 77.6 Å². The molecule has 3 heterocycles. The fourth-order valence-electron chi connectivity index (χ4n) is 6.51. The third-order valence-electron chi connectivity index (χ3n) is 8.68. The van der Waals surface area contributed by atoms with Gasteiger partial charge in [0.2, 0.25) is 0 Å². The van der Waals surface area contributed by atoms with E-state index in [0.717, 1.165) is 49.0 Å². The summed E-state index contributed by atoms with van der Waals surface area (Å²) in [6.07, 6.45) is 8.36. The van der Waals surface area contributed by atoms with Crippen molar-refractivity contribution in [2.75, 3.05) is 31.5 Å². The Morgan fingerprint density at radius 3 is 2.30 bits per heavy atom. The number of hydrogen-bond acceptors (Lipinski definition) is 5. The molecule has 0 bridgehead atoms. The molecule has 1 fully saturated rings. The zero-order valence-corrected chi connectivity index (χ0v) is 29.5. The zero-order chi connectivity index (χ0) is 33.9. The summed E-state index contributed by atoms with van der Waals surface area (Å²) >= 11 is 0. The molecule has 2 aromatic carbocycles. The molecule has 0 aliphatic carbocycles. The van der Waals surface area contributed by atoms with Crippen LogP contribution in [0.2, 0.25) is 0 Å². The SMILES string of the molecule is CCCN(CCCc1c[nH]c2cc(Nc3ccc4c(c3)c(C3CCN(C(=O)OC(C)(C)C)CC3)cn4C)ccc12)C(=O)OC(C)(C)C. The predicted molar refractivity (Wildman–Crippen MR) is 191 cm³/mol. The molecule has 47 heavy (non-hydrogen) atoms. The number of benzene rings is 2. The number of rotatable bonds is 9. The van der Waals surface area contributed by atoms with Gasteiger partial charge in [0.1, 0.15) is 11.2 Å². The van der Waals surface area contributed by atoms with Crippen LogP contribution in [0.15, 0.2) is 48.8 Å². The number of ether oxygens (including phenoxy) is 2. The molecule has 0 atom stereocenters. The summed E-state index contributed by atoms with van der Waals surface area (Å²) in [4.78, 5) is 32.4. The van der Waals surface area contributed by atoms with E-state index in [4.69, 9.17) is 9.47 Å². The van der Waals surface area contributed by atoms with E-state index in [1.807, 2.05) is 51.3 Å². The van der Waals surface area contributed by atoms with Gasteiger partial charge in [0, 0.05) is 78.8 Å². The summed E-state index contributed by atoms with van der Waals surface area (Å²) in [6, 6.07) is 13.0. The van der Waals surface area contributed by atoms with Gasteiger partial charge in [-0.3, -0.25) is 0 Å². The fourth-order valence-corrected chi connectivity index (χ4v) is 6.51. The van der Waals surface area contributed by atoms with Crippen LogP contribution >= 0.6 is 0 Å². The van der Waals surface area contributed by atoms with Crippen molar-refractivity contribution >= 4 is 45.4 Å². The van der Waals surface area contributed by atoms with Crippen LogP contribution in [0.3, 0.4) is 0 Å². The molecule has 2 N–H and O–H groups in total. The van der Waals surface area contributed by atoms with Gasteiger partial charge in [-0.05, 0) is 121 Å². The molecule has 9 heteroatoms. The Bertz CT molecular complexity index is 1700. The van der Waals surface area contributed by atoms with Gasteiger partial charge in [-0.25, -0.2) is 9.59 Å². The number of likely N-dealkylation sites (tertiary alicyclic amines) is 1. The van der Waals surface area contributed by atoms with Crippen LogP contribution < -0.4 is 5.32 Å². The lowest BCUT2D eigenvalue weighted by molar-refractivity contribution is 0.0202. The lowest BCUT2D eigenvalue weighted by Crippen LogP contribution is -2.41. The highest BCUT2D eigenvalue weighted by atomic mass is 16.6. The van der Waals surface area contributed by atoms with Crippen molar-refractivity contribution in [1.29, 1.82) is 0 Å². The van der Waals surface area contributed by atoms with Crippen molar-refractivity contribution in [2.45, 2.75) is 97.7 Å². The third-order valence-corrected chi connectivity index (χ3v) is 8.68. The highest BCUT2D eigenvalue weighted by molar-refractivity contribution is 5.90. The largest absolute Gasteiger partial charge is 0.444 e. The molecule has 0 spiro atoms. The summed E-state index contributed by atoms with van der Waals surface area (Å²) in [6.45, 7) is 16.3. The number of amides is 2. The first-order valence-corrected chi connectivity index (χ1v) is 17.1. The van der Waals surface area contributed by atoms with Gasteiger partial charge in [-0.15, -0.1) is 0 Å². The summed E-state index contributed by atoms with van der Waals surface area (Å²) < 4.78 is 13.4. The average Bonchev–Trinajstić information content (AvgIpc) is 3.54. The van der Waals surface area contributed by atoms with Crippen molar-refractivity contribution in [1.82, 2.24) is 19.4 Å². The molecule has 1 saturated heterocycles. The fraction of sp³-hybridized carbons (Fsp3) is 0.526. The number of carbonyl (C=O) groups is 2. The molecule has 2 amide bonds. The monoisotopic (exact) mass is 643 g/mol. The lowest BCUT2D eigenvalue weighted by Gasteiger charge is -2.33. The first-order valence-electron chi connectivity index (χ1n) is 17.1. The minimum absolute atomic E-state index is 0.219. The molecule has 4 aromatic rings. The number of aryl methyl sites for hydroxylation is 2. The Morgan fingerprint density at radius 1 is 0.936 bits per heavy atom. The summed E-state index contributed by atoms with van der Waals surface area (Å²) in [7, 11) is 2.10. The van der Waals surface area contributed by atoms with Crippen LogP contribution in [-0.4, -0.2) is 68.9 Å². The normalized spacial score (nSPS) is 14.5. The second kappa shape index (κ2) is 13.9. The van der Waals surface area contributed by atoms with Crippen molar-refractivity contribution in [2.24, 2.45) is 7.05 Å². The number of nitrogens with zero attached hydrogens (tertiary/aromatic N) is 3. The van der Waals surface area contributed by atoms with Gasteiger partial charge < -0.3 is 34.1 Å². The Hall–Kier alpha value is -4.14. The average molecular weight is 644 g/mol. The molecule has 9 nitrogen and oxygen atoms in total. The Morgan fingerprint density at radius 2 is 1.62 bits per heavy atom. The van der Waals surface area contributed by atoms with E-state index < -0.39 is 11.2 Å². The Labute approximate surface area is 279 Å². The number of piperidine rings is 1. The molecule has 0 radical (unpaired) electrons. The van der Waals surface area contributed by atoms with Gasteiger partial charge in [0.05, 0.1) is 0 Å². The topological polar surface area (TPSA) is 91.8 Å². The molecule has 1 aliphatic heterocycles. The number of nitrogens with one attached hydrogen (secondary N) is 2. The second-order valence-corrected chi connectivity index (χ2v) is 14.9. The van der Waals surface area contributed by atoms with E-state index in [-0.39, 0.29) is 12.2 Å². The molecular formula is C38H53N5O4. The molecule has 0 unspecified atom stereocenters. The van der Waals surface area contributed by atoms with E-state index in [1.54, 1.807) is 0 Å². The maximum atomic E-state index is 12.7. The Balaban J connectivity index is 1.23. The summed E-state index contributed by atoms with van der Waals surface area (Å²) in [5.41, 5.74) is 5.96. The number of anilines is 2. The van der Waals surface area contributed by atoms with Gasteiger partial charge in [-0.1, -0.05) is 13.0 Å². The highest BCUT2D eigenvalue weighted by Gasteiger charge is 2.29. The van der Waals surface area contributed by atoms with E-state index in [0.29, 0.717) is 32.1 Å². The predicted octanol–water partition coefficient (Wildman–Crippen LogP) is 9.10. The number of hydrogen-bond donors (Lipinski definition) is 2. The van der Waals surface area contributed by atoms with Crippen molar-refractivity contribution in [3.8, 4) is 0 Å². The van der Waals surface area contributed by atoms with Crippen molar-refractivity contribution < 1.29 is 19.1 Å². The van der Waals surface area contributed by atoms with Gasteiger partial charge in [0.15, 0.2) is 0 Å². The molecule has 2 aromatic heterocycles. The highest BCUT2D eigenvalue weighted by Crippen LogP contribution is 2.36. The number of H-pyrrole nitrogens is 1. The molecule has 254 valence electrons. The number of carbonyl (C=O) groups excluding carboxylic acids is 2. The van der Waals surface area contributed by atoms with Crippen molar-refractivity contribution in [3.63, 3.8) is 0 Å². The first-order chi connectivity index (χ1) is 22.2. The van der Waals surface area contributed by atoms with E-state index >= 15 is 0 Å². The lowest BCUT2D eigenvalue weighted by atomic mass is 9.89. The molecule has 1 aliphatic rings. The number of aromatic amines is 1. The van der Waals surface area contributed by atoms with Crippen LogP contribution in [0.25, 0.3) is 21.8 Å². The van der Waals surface area contributed by atoms with Crippen LogP contribution in [0.5, 0.6) is 0 Å². The smallest absolute Gasteiger partial charge is 0.410 e. The number of aromatic nitrogens is 2. The Kier molecular flexibility index (Phi) is 10.1. The van der Waals surface area contributed by atoms with Gasteiger partial charge in [-0.2, -0.15) is 0 Å². The molecule has 5 rings (SSSR count). The van der Waals surface area contributed by atoms with E-state index in [1.165, 1.54) is 27.4 Å². The van der Waals surface area contributed by atoms with Crippen LogP contribution in [0, 0.1) is 0 Å². The van der Waals surface area contributed by atoms with Crippen LogP contribution in [-0.2, 0) is 22.9 Å². The summed E-state index contributed by atoms with van der Waals surface area (Å²) in [5.74, 6) is 0.388. The van der Waals surface area contributed by atoms with Crippen molar-refractivity contribution in [3.05, 3.63) is 59.9 Å². The standard InChI is InChI=1S/C38H53N5O4/c1-9-18-42(35(44)46-37(2,3)4)19-10-11-27-24-39-33-23-29(12-14-30(27)33)40-28-13-15-34-31(22-28)32(25-41(34)8)26-16-20-43(21-17-26)36(45)47-38(5,6)7/h12-15,22-26,39-40H,9-11,16-21H2,1-8H3. The maximum Gasteiger partial charge on any atom is 0.410 e. The maximum absolute atomic E-state index is 12.7. The first kappa shape index (κ1) is 34.2. The third kappa shape index (κ3) is 8.62. The summed E-state index contributed by atoms with van der Waals surface area (Å²) in [5, 5.41) is 6.08. The van der Waals surface area contributed by atoms with Crippen LogP contribution in [0.1, 0.15) is 91.2 Å².